The van der Waals surface area contributed by atoms with Crippen LogP contribution in [0.3, 0.4) is 0 Å². The summed E-state index contributed by atoms with van der Waals surface area (Å²) >= 11 is 0. The van der Waals surface area contributed by atoms with Crippen LogP contribution in [0.25, 0.3) is 0 Å². The Morgan fingerprint density at radius 2 is 2.10 bits per heavy atom. The van der Waals surface area contributed by atoms with Crippen LogP contribution in [0.5, 0.6) is 0 Å². The number of likely N-dealkylation sites (N-methyl/N-ethyl adjacent to an activating group) is 1. The zero-order valence-electron chi connectivity index (χ0n) is 11.9. The lowest BCUT2D eigenvalue weighted by atomic mass is 10.1. The van der Waals surface area contributed by atoms with E-state index in [1.54, 1.807) is 4.90 Å². The van der Waals surface area contributed by atoms with Gasteiger partial charge < -0.3 is 15.0 Å². The largest absolute Gasteiger partial charge is 0.366 e. The summed E-state index contributed by atoms with van der Waals surface area (Å²) in [4.78, 5) is 25.7. The molecule has 1 aliphatic rings. The van der Waals surface area contributed by atoms with Gasteiger partial charge in [0, 0.05) is 18.8 Å². The van der Waals surface area contributed by atoms with Crippen molar-refractivity contribution in [2.75, 3.05) is 25.0 Å². The van der Waals surface area contributed by atoms with Crippen LogP contribution in [0, 0.1) is 6.92 Å². The molecule has 2 rings (SSSR count). The highest BCUT2D eigenvalue weighted by atomic mass is 16.5. The third-order valence-electron chi connectivity index (χ3n) is 3.36. The van der Waals surface area contributed by atoms with Gasteiger partial charge in [0.15, 0.2) is 0 Å². The summed E-state index contributed by atoms with van der Waals surface area (Å²) in [6.07, 6.45) is -0.599. The fraction of sp³-hybridized carbons (Fsp3) is 0.467. The number of carbonyl (C=O) groups excluding carboxylic acids is 2. The Hall–Kier alpha value is -1.88. The molecule has 20 heavy (non-hydrogen) atoms. The first-order chi connectivity index (χ1) is 9.60. The number of hydrogen-bond donors (Lipinski definition) is 1. The third-order valence-corrected chi connectivity index (χ3v) is 3.36. The normalized spacial score (nSPS) is 19.0. The Bertz CT molecular complexity index is 484. The van der Waals surface area contributed by atoms with Crippen LogP contribution >= 0.6 is 0 Å². The summed E-state index contributed by atoms with van der Waals surface area (Å²) in [5.41, 5.74) is 1.86. The summed E-state index contributed by atoms with van der Waals surface area (Å²) in [6.45, 7) is 5.65. The number of rotatable bonds is 4. The number of nitrogens with zero attached hydrogens (tertiary/aromatic N) is 1. The van der Waals surface area contributed by atoms with Crippen LogP contribution in [0.4, 0.5) is 5.69 Å². The molecule has 0 bridgehead atoms. The first-order valence-electron chi connectivity index (χ1n) is 6.87. The number of benzene rings is 1. The number of anilines is 1. The van der Waals surface area contributed by atoms with Crippen LogP contribution < -0.4 is 5.32 Å². The van der Waals surface area contributed by atoms with E-state index in [-0.39, 0.29) is 18.2 Å². The Morgan fingerprint density at radius 3 is 2.75 bits per heavy atom. The van der Waals surface area contributed by atoms with E-state index in [4.69, 9.17) is 4.74 Å². The van der Waals surface area contributed by atoms with Crippen molar-refractivity contribution in [3.63, 3.8) is 0 Å². The van der Waals surface area contributed by atoms with Crippen molar-refractivity contribution >= 4 is 17.5 Å². The summed E-state index contributed by atoms with van der Waals surface area (Å²) in [5.74, 6) is -0.303. The lowest BCUT2D eigenvalue weighted by molar-refractivity contribution is -0.154. The van der Waals surface area contributed by atoms with Gasteiger partial charge >= 0.3 is 0 Å². The van der Waals surface area contributed by atoms with Crippen molar-refractivity contribution in [1.82, 2.24) is 4.90 Å². The topological polar surface area (TPSA) is 58.6 Å². The van der Waals surface area contributed by atoms with E-state index in [2.05, 4.69) is 5.32 Å². The molecule has 1 aliphatic heterocycles. The van der Waals surface area contributed by atoms with Gasteiger partial charge in [0.05, 0.1) is 13.0 Å². The van der Waals surface area contributed by atoms with Gasteiger partial charge in [-0.05, 0) is 26.0 Å². The van der Waals surface area contributed by atoms with Gasteiger partial charge in [0.2, 0.25) is 5.91 Å². The minimum Gasteiger partial charge on any atom is -0.366 e. The second-order valence-corrected chi connectivity index (χ2v) is 4.90. The van der Waals surface area contributed by atoms with Crippen molar-refractivity contribution < 1.29 is 14.3 Å². The molecule has 0 aromatic heterocycles. The molecule has 1 aromatic rings. The van der Waals surface area contributed by atoms with E-state index >= 15 is 0 Å². The quantitative estimate of drug-likeness (QED) is 0.908. The first-order valence-corrected chi connectivity index (χ1v) is 6.87. The molecule has 1 unspecified atom stereocenters. The molecule has 0 saturated carbocycles. The Kier molecular flexibility index (Phi) is 4.74. The van der Waals surface area contributed by atoms with Gasteiger partial charge in [-0.2, -0.15) is 0 Å². The molecular weight excluding hydrogens is 256 g/mol. The van der Waals surface area contributed by atoms with Crippen LogP contribution in [-0.2, 0) is 14.3 Å². The van der Waals surface area contributed by atoms with E-state index in [1.807, 2.05) is 38.1 Å². The molecule has 2 amide bonds. The van der Waals surface area contributed by atoms with E-state index in [0.717, 1.165) is 11.3 Å². The Morgan fingerprint density at radius 1 is 1.40 bits per heavy atom. The highest BCUT2D eigenvalue weighted by Crippen LogP contribution is 2.13. The maximum atomic E-state index is 12.0. The predicted molar refractivity (Wildman–Crippen MR) is 76.4 cm³/mol. The first kappa shape index (κ1) is 14.5. The SMILES string of the molecule is CCN1CCOC(CC(=O)Nc2ccc(C)cc2)C1=O. The second-order valence-electron chi connectivity index (χ2n) is 4.90. The number of hydrogen-bond acceptors (Lipinski definition) is 3. The van der Waals surface area contributed by atoms with Crippen LogP contribution in [-0.4, -0.2) is 42.5 Å². The molecule has 5 heteroatoms. The zero-order valence-corrected chi connectivity index (χ0v) is 11.9. The molecular formula is C15H20N2O3. The van der Waals surface area contributed by atoms with Crippen LogP contribution in [0.15, 0.2) is 24.3 Å². The van der Waals surface area contributed by atoms with Gasteiger partial charge in [-0.25, -0.2) is 0 Å². The molecule has 108 valence electrons. The second kappa shape index (κ2) is 6.52. The molecule has 1 fully saturated rings. The average Bonchev–Trinajstić information content (AvgIpc) is 2.44. The molecule has 1 N–H and O–H groups in total. The highest BCUT2D eigenvalue weighted by Gasteiger charge is 2.30. The molecule has 1 aromatic carbocycles. The average molecular weight is 276 g/mol. The molecule has 5 nitrogen and oxygen atoms in total. The van der Waals surface area contributed by atoms with Crippen LogP contribution in [0.1, 0.15) is 18.9 Å². The maximum Gasteiger partial charge on any atom is 0.252 e. The molecule has 0 radical (unpaired) electrons. The zero-order chi connectivity index (χ0) is 14.5. The lowest BCUT2D eigenvalue weighted by Gasteiger charge is -2.31. The summed E-state index contributed by atoms with van der Waals surface area (Å²) in [7, 11) is 0. The van der Waals surface area contributed by atoms with Crippen molar-refractivity contribution in [2.24, 2.45) is 0 Å². The lowest BCUT2D eigenvalue weighted by Crippen LogP contribution is -2.48. The standard InChI is InChI=1S/C15H20N2O3/c1-3-17-8-9-20-13(15(17)19)10-14(18)16-12-6-4-11(2)5-7-12/h4-7,13H,3,8-10H2,1-2H3,(H,16,18). The fourth-order valence-electron chi connectivity index (χ4n) is 2.17. The maximum absolute atomic E-state index is 12.0. The van der Waals surface area contributed by atoms with Crippen LogP contribution in [0.2, 0.25) is 0 Å². The van der Waals surface area contributed by atoms with E-state index in [0.29, 0.717) is 19.7 Å². The monoisotopic (exact) mass is 276 g/mol. The highest BCUT2D eigenvalue weighted by molar-refractivity contribution is 5.95. The number of carbonyl (C=O) groups is 2. The van der Waals surface area contributed by atoms with E-state index < -0.39 is 6.10 Å². The molecule has 1 heterocycles. The third kappa shape index (κ3) is 3.57. The van der Waals surface area contributed by atoms with E-state index in [9.17, 15) is 9.59 Å². The summed E-state index contributed by atoms with van der Waals surface area (Å²) < 4.78 is 5.40. The number of amides is 2. The Balaban J connectivity index is 1.90. The van der Waals surface area contributed by atoms with Gasteiger partial charge in [-0.3, -0.25) is 9.59 Å². The van der Waals surface area contributed by atoms with Crippen molar-refractivity contribution in [2.45, 2.75) is 26.4 Å². The smallest absolute Gasteiger partial charge is 0.252 e. The van der Waals surface area contributed by atoms with Gasteiger partial charge in [0.1, 0.15) is 6.10 Å². The molecule has 1 saturated heterocycles. The fourth-order valence-corrected chi connectivity index (χ4v) is 2.17. The molecule has 1 atom stereocenters. The molecule has 0 spiro atoms. The number of morpholine rings is 1. The van der Waals surface area contributed by atoms with E-state index in [1.165, 1.54) is 0 Å². The van der Waals surface area contributed by atoms with Crippen molar-refractivity contribution in [1.29, 1.82) is 0 Å². The minimum atomic E-state index is -0.658. The summed E-state index contributed by atoms with van der Waals surface area (Å²) in [5, 5.41) is 2.78. The summed E-state index contributed by atoms with van der Waals surface area (Å²) in [6, 6.07) is 7.54. The number of aryl methyl sites for hydroxylation is 1. The van der Waals surface area contributed by atoms with Crippen molar-refractivity contribution in [3.8, 4) is 0 Å². The van der Waals surface area contributed by atoms with Gasteiger partial charge in [-0.1, -0.05) is 17.7 Å². The predicted octanol–water partition coefficient (Wildman–Crippen LogP) is 1.57. The number of ether oxygens (including phenoxy) is 1. The van der Waals surface area contributed by atoms with Gasteiger partial charge in [-0.15, -0.1) is 0 Å². The minimum absolute atomic E-state index is 0.0587. The van der Waals surface area contributed by atoms with Gasteiger partial charge in [0.25, 0.3) is 5.91 Å². The Labute approximate surface area is 118 Å². The van der Waals surface area contributed by atoms with Crippen molar-refractivity contribution in [3.05, 3.63) is 29.8 Å². The number of nitrogens with one attached hydrogen (secondary N) is 1. The molecule has 0 aliphatic carbocycles.